The Kier molecular flexibility index (Phi) is 9.81. The van der Waals surface area contributed by atoms with Crippen LogP contribution in [0.15, 0.2) is 85.0 Å². The summed E-state index contributed by atoms with van der Waals surface area (Å²) < 4.78 is 19.9. The van der Waals surface area contributed by atoms with E-state index >= 15 is 4.39 Å². The highest BCUT2D eigenvalue weighted by atomic mass is 19.1. The molecular weight excluding hydrogens is 427 g/mol. The van der Waals surface area contributed by atoms with Crippen molar-refractivity contribution < 1.29 is 18.7 Å². The quantitative estimate of drug-likeness (QED) is 0.157. The van der Waals surface area contributed by atoms with Crippen LogP contribution in [0.3, 0.4) is 0 Å². The van der Waals surface area contributed by atoms with Crippen molar-refractivity contribution in [2.75, 3.05) is 7.11 Å². The van der Waals surface area contributed by atoms with Crippen LogP contribution in [0.2, 0.25) is 0 Å². The van der Waals surface area contributed by atoms with Crippen molar-refractivity contribution in [2.45, 2.75) is 57.0 Å². The Hall–Kier alpha value is -3.01. The molecule has 0 heterocycles. The van der Waals surface area contributed by atoms with E-state index in [9.17, 15) is 9.59 Å². The van der Waals surface area contributed by atoms with Gasteiger partial charge in [-0.1, -0.05) is 85.8 Å². The predicted molar refractivity (Wildman–Crippen MR) is 134 cm³/mol. The van der Waals surface area contributed by atoms with Gasteiger partial charge in [0, 0.05) is 18.3 Å². The number of allylic oxidation sites excluding steroid dienone is 4. The van der Waals surface area contributed by atoms with Crippen molar-refractivity contribution in [3.8, 4) is 0 Å². The van der Waals surface area contributed by atoms with E-state index in [2.05, 4.69) is 16.9 Å². The number of rotatable bonds is 11. The van der Waals surface area contributed by atoms with Gasteiger partial charge in [0.25, 0.3) is 0 Å². The van der Waals surface area contributed by atoms with Gasteiger partial charge in [0.2, 0.25) is 0 Å². The smallest absolute Gasteiger partial charge is 0.305 e. The number of esters is 1. The van der Waals surface area contributed by atoms with E-state index in [1.807, 2.05) is 73.7 Å². The number of carbonyl (C=O) groups is 2. The van der Waals surface area contributed by atoms with E-state index in [-0.39, 0.29) is 35.4 Å². The Morgan fingerprint density at radius 2 is 1.74 bits per heavy atom. The molecule has 1 aliphatic carbocycles. The van der Waals surface area contributed by atoms with Gasteiger partial charge in [-0.2, -0.15) is 0 Å². The maximum Gasteiger partial charge on any atom is 0.305 e. The van der Waals surface area contributed by atoms with Crippen molar-refractivity contribution in [3.63, 3.8) is 0 Å². The number of hydrogen-bond donors (Lipinski definition) is 0. The summed E-state index contributed by atoms with van der Waals surface area (Å²) in [6.45, 7) is 1.91. The molecule has 0 aromatic heterocycles. The van der Waals surface area contributed by atoms with Crippen LogP contribution < -0.4 is 0 Å². The first-order chi connectivity index (χ1) is 16.5. The van der Waals surface area contributed by atoms with E-state index in [1.54, 1.807) is 6.08 Å². The van der Waals surface area contributed by atoms with Crippen molar-refractivity contribution in [1.29, 1.82) is 0 Å². The highest BCUT2D eigenvalue weighted by Crippen LogP contribution is 2.47. The van der Waals surface area contributed by atoms with E-state index < -0.39 is 6.17 Å². The number of carbonyl (C=O) groups excluding carboxylic acids is 2. The SMILES string of the molecule is COC(=O)CCC/C=C\C[C@@H]1[C@H](F)CC(c2ccccc2)[C@H]1/C=C/C(=O)C(C)c1ccccc1. The van der Waals surface area contributed by atoms with Gasteiger partial charge in [-0.15, -0.1) is 0 Å². The molecule has 2 aromatic carbocycles. The number of unbranched alkanes of at least 4 members (excludes halogenated alkanes) is 1. The summed E-state index contributed by atoms with van der Waals surface area (Å²) in [4.78, 5) is 24.2. The molecule has 0 aliphatic heterocycles. The third-order valence-electron chi connectivity index (χ3n) is 6.89. The van der Waals surface area contributed by atoms with Crippen LogP contribution in [0.25, 0.3) is 0 Å². The van der Waals surface area contributed by atoms with Gasteiger partial charge in [0.1, 0.15) is 6.17 Å². The predicted octanol–water partition coefficient (Wildman–Crippen LogP) is 6.96. The van der Waals surface area contributed by atoms with E-state index in [1.165, 1.54) is 7.11 Å². The number of methoxy groups -OCH3 is 1. The molecule has 2 aromatic rings. The molecule has 0 bridgehead atoms. The zero-order valence-electron chi connectivity index (χ0n) is 20.1. The van der Waals surface area contributed by atoms with Gasteiger partial charge >= 0.3 is 5.97 Å². The summed E-state index contributed by atoms with van der Waals surface area (Å²) in [5, 5.41) is 0. The lowest BCUT2D eigenvalue weighted by Crippen LogP contribution is -2.16. The molecule has 3 nitrogen and oxygen atoms in total. The van der Waals surface area contributed by atoms with Crippen LogP contribution in [-0.2, 0) is 14.3 Å². The summed E-state index contributed by atoms with van der Waals surface area (Å²) in [7, 11) is 1.39. The molecule has 5 atom stereocenters. The Balaban J connectivity index is 1.71. The van der Waals surface area contributed by atoms with Gasteiger partial charge in [-0.3, -0.25) is 9.59 Å². The lowest BCUT2D eigenvalue weighted by atomic mass is 9.82. The summed E-state index contributed by atoms with van der Waals surface area (Å²) >= 11 is 0. The summed E-state index contributed by atoms with van der Waals surface area (Å²) in [6.07, 6.45) is 9.68. The van der Waals surface area contributed by atoms with E-state index in [4.69, 9.17) is 0 Å². The van der Waals surface area contributed by atoms with Gasteiger partial charge in [-0.05, 0) is 54.7 Å². The molecule has 4 heteroatoms. The Bertz CT molecular complexity index is 967. The third kappa shape index (κ3) is 6.99. The molecule has 0 amide bonds. The summed E-state index contributed by atoms with van der Waals surface area (Å²) in [5.41, 5.74) is 2.10. The lowest BCUT2D eigenvalue weighted by Gasteiger charge is -2.22. The second-order valence-electron chi connectivity index (χ2n) is 9.08. The second-order valence-corrected chi connectivity index (χ2v) is 9.08. The standard InChI is InChI=1S/C30H35FO3/c1-22(23-13-7-5-8-14-23)29(32)20-19-25-26(17-11-3-4-12-18-30(33)34-2)28(31)21-27(25)24-15-9-6-10-16-24/h3,5-11,13-16,19-20,22,25-28H,4,12,17-18,21H2,1-2H3/b11-3-,20-19+/t22?,25-,26-,27?,28+/m0/s1. The van der Waals surface area contributed by atoms with Crippen LogP contribution in [0.5, 0.6) is 0 Å². The van der Waals surface area contributed by atoms with Crippen LogP contribution in [0.4, 0.5) is 4.39 Å². The first kappa shape index (κ1) is 25.6. The highest BCUT2D eigenvalue weighted by molar-refractivity contribution is 5.95. The maximum atomic E-state index is 15.2. The van der Waals surface area contributed by atoms with Crippen LogP contribution >= 0.6 is 0 Å². The normalized spacial score (nSPS) is 23.4. The van der Waals surface area contributed by atoms with Gasteiger partial charge in [0.05, 0.1) is 7.11 Å². The molecule has 180 valence electrons. The fourth-order valence-corrected chi connectivity index (χ4v) is 4.85. The summed E-state index contributed by atoms with van der Waals surface area (Å²) in [5.74, 6) is -0.591. The van der Waals surface area contributed by atoms with Crippen molar-refractivity contribution >= 4 is 11.8 Å². The maximum absolute atomic E-state index is 15.2. The zero-order chi connectivity index (χ0) is 24.3. The number of ketones is 1. The Labute approximate surface area is 202 Å². The number of alkyl halides is 1. The Morgan fingerprint density at radius 1 is 1.06 bits per heavy atom. The van der Waals surface area contributed by atoms with Crippen molar-refractivity contribution in [3.05, 3.63) is 96.1 Å². The monoisotopic (exact) mass is 462 g/mol. The Morgan fingerprint density at radius 3 is 2.41 bits per heavy atom. The molecule has 0 spiro atoms. The zero-order valence-corrected chi connectivity index (χ0v) is 20.1. The number of hydrogen-bond acceptors (Lipinski definition) is 3. The molecule has 0 N–H and O–H groups in total. The molecule has 0 saturated heterocycles. The average molecular weight is 463 g/mol. The molecule has 2 unspecified atom stereocenters. The largest absolute Gasteiger partial charge is 0.469 e. The minimum Gasteiger partial charge on any atom is -0.469 e. The molecule has 34 heavy (non-hydrogen) atoms. The molecule has 1 fully saturated rings. The fraction of sp³-hybridized carbons (Fsp3) is 0.400. The van der Waals surface area contributed by atoms with Crippen LogP contribution in [0.1, 0.15) is 62.0 Å². The van der Waals surface area contributed by atoms with Crippen molar-refractivity contribution in [2.24, 2.45) is 11.8 Å². The van der Waals surface area contributed by atoms with Crippen LogP contribution in [0, 0.1) is 11.8 Å². The van der Waals surface area contributed by atoms with Gasteiger partial charge in [0.15, 0.2) is 5.78 Å². The minimum atomic E-state index is -0.929. The average Bonchev–Trinajstić information content (AvgIpc) is 3.19. The van der Waals surface area contributed by atoms with Gasteiger partial charge < -0.3 is 4.74 Å². The molecule has 3 rings (SSSR count). The molecule has 1 saturated carbocycles. The fourth-order valence-electron chi connectivity index (χ4n) is 4.85. The van der Waals surface area contributed by atoms with Crippen LogP contribution in [-0.4, -0.2) is 25.0 Å². The number of halogens is 1. The number of ether oxygens (including phenoxy) is 1. The second kappa shape index (κ2) is 13.0. The topological polar surface area (TPSA) is 43.4 Å². The minimum absolute atomic E-state index is 0.0393. The number of benzene rings is 2. The first-order valence-electron chi connectivity index (χ1n) is 12.2. The van der Waals surface area contributed by atoms with Crippen molar-refractivity contribution in [1.82, 2.24) is 0 Å². The summed E-state index contributed by atoms with van der Waals surface area (Å²) in [6, 6.07) is 19.8. The molecule has 1 aliphatic rings. The first-order valence-corrected chi connectivity index (χ1v) is 12.2. The lowest BCUT2D eigenvalue weighted by molar-refractivity contribution is -0.140. The van der Waals surface area contributed by atoms with Gasteiger partial charge in [-0.25, -0.2) is 4.39 Å². The van der Waals surface area contributed by atoms with E-state index in [0.29, 0.717) is 19.3 Å². The molecule has 0 radical (unpaired) electrons. The third-order valence-corrected chi connectivity index (χ3v) is 6.89. The molecular formula is C30H35FO3. The van der Waals surface area contributed by atoms with E-state index in [0.717, 1.165) is 24.0 Å². The highest BCUT2D eigenvalue weighted by Gasteiger charge is 2.42.